The number of benzene rings is 2. The van der Waals surface area contributed by atoms with Crippen LogP contribution in [0.2, 0.25) is 5.15 Å². The number of nitrogens with zero attached hydrogens (tertiary/aromatic N) is 1. The Morgan fingerprint density at radius 2 is 1.33 bits per heavy atom. The molecule has 0 aliphatic rings. The summed E-state index contributed by atoms with van der Waals surface area (Å²) in [5.74, 6) is 0. The summed E-state index contributed by atoms with van der Waals surface area (Å²) in [6.45, 7) is 0. The van der Waals surface area contributed by atoms with Gasteiger partial charge < -0.3 is 5.32 Å². The molecule has 0 radical (unpaired) electrons. The van der Waals surface area contributed by atoms with Crippen LogP contribution in [-0.2, 0) is 0 Å². The van der Waals surface area contributed by atoms with Crippen LogP contribution in [0, 0.1) is 0 Å². The van der Waals surface area contributed by atoms with Crippen molar-refractivity contribution in [3.8, 4) is 0 Å². The molecule has 104 valence electrons. The maximum Gasteiger partial charge on any atom is 0.129 e. The van der Waals surface area contributed by atoms with Crippen LogP contribution in [0.1, 0.15) is 17.2 Å². The number of halogens is 1. The van der Waals surface area contributed by atoms with Crippen LogP contribution in [0.4, 0.5) is 5.69 Å². The van der Waals surface area contributed by atoms with E-state index in [4.69, 9.17) is 11.6 Å². The second-order valence-electron chi connectivity index (χ2n) is 4.77. The predicted octanol–water partition coefficient (Wildman–Crippen LogP) is 4.94. The average molecular weight is 295 g/mol. The first-order chi connectivity index (χ1) is 10.3. The smallest absolute Gasteiger partial charge is 0.129 e. The zero-order valence-corrected chi connectivity index (χ0v) is 12.2. The van der Waals surface area contributed by atoms with Crippen LogP contribution in [0.5, 0.6) is 0 Å². The molecule has 3 heteroatoms. The monoisotopic (exact) mass is 294 g/mol. The zero-order chi connectivity index (χ0) is 14.5. The van der Waals surface area contributed by atoms with E-state index in [1.165, 1.54) is 11.1 Å². The van der Waals surface area contributed by atoms with Crippen molar-refractivity contribution in [3.63, 3.8) is 0 Å². The molecule has 3 aromatic rings. The largest absolute Gasteiger partial charge is 0.373 e. The highest BCUT2D eigenvalue weighted by atomic mass is 35.5. The highest BCUT2D eigenvalue weighted by molar-refractivity contribution is 6.29. The van der Waals surface area contributed by atoms with Gasteiger partial charge in [0.15, 0.2) is 0 Å². The summed E-state index contributed by atoms with van der Waals surface area (Å²) < 4.78 is 0. The Balaban J connectivity index is 1.95. The Hall–Kier alpha value is -2.32. The van der Waals surface area contributed by atoms with Crippen LogP contribution in [0.15, 0.2) is 79.0 Å². The molecule has 0 unspecified atom stereocenters. The van der Waals surface area contributed by atoms with E-state index in [1.54, 1.807) is 12.3 Å². The molecule has 1 N–H and O–H groups in total. The molecule has 21 heavy (non-hydrogen) atoms. The van der Waals surface area contributed by atoms with E-state index in [2.05, 4.69) is 34.6 Å². The maximum absolute atomic E-state index is 5.84. The van der Waals surface area contributed by atoms with Crippen LogP contribution >= 0.6 is 11.6 Å². The Kier molecular flexibility index (Phi) is 4.17. The maximum atomic E-state index is 5.84. The summed E-state index contributed by atoms with van der Waals surface area (Å²) in [6.07, 6.45) is 1.75. The van der Waals surface area contributed by atoms with E-state index in [-0.39, 0.29) is 6.04 Å². The van der Waals surface area contributed by atoms with Crippen LogP contribution in [-0.4, -0.2) is 4.98 Å². The van der Waals surface area contributed by atoms with E-state index < -0.39 is 0 Å². The SMILES string of the molecule is Clc1ccc(NC(c2ccccc2)c2ccccc2)cn1. The lowest BCUT2D eigenvalue weighted by Gasteiger charge is -2.21. The quantitative estimate of drug-likeness (QED) is 0.690. The molecule has 0 aliphatic carbocycles. The third-order valence-corrected chi connectivity index (χ3v) is 3.53. The molecular weight excluding hydrogens is 280 g/mol. The van der Waals surface area contributed by atoms with Gasteiger partial charge in [-0.3, -0.25) is 0 Å². The molecular formula is C18H15ClN2. The lowest BCUT2D eigenvalue weighted by Crippen LogP contribution is -2.12. The Bertz CT molecular complexity index is 642. The Morgan fingerprint density at radius 1 is 0.762 bits per heavy atom. The number of nitrogens with one attached hydrogen (secondary N) is 1. The predicted molar refractivity (Wildman–Crippen MR) is 87.6 cm³/mol. The molecule has 0 bridgehead atoms. The van der Waals surface area contributed by atoms with Crippen molar-refractivity contribution in [2.24, 2.45) is 0 Å². The first-order valence-corrected chi connectivity index (χ1v) is 7.19. The van der Waals surface area contributed by atoms with Gasteiger partial charge in [-0.05, 0) is 23.3 Å². The standard InChI is InChI=1S/C18H15ClN2/c19-17-12-11-16(13-20-17)21-18(14-7-3-1-4-8-14)15-9-5-2-6-10-15/h1-13,18,21H. The molecule has 0 spiro atoms. The lowest BCUT2D eigenvalue weighted by atomic mass is 9.98. The van der Waals surface area contributed by atoms with E-state index in [0.717, 1.165) is 5.69 Å². The van der Waals surface area contributed by atoms with Crippen molar-refractivity contribution < 1.29 is 0 Å². The van der Waals surface area contributed by atoms with Gasteiger partial charge in [0.1, 0.15) is 5.15 Å². The first kappa shape index (κ1) is 13.7. The third-order valence-electron chi connectivity index (χ3n) is 3.30. The van der Waals surface area contributed by atoms with Gasteiger partial charge in [-0.1, -0.05) is 72.3 Å². The summed E-state index contributed by atoms with van der Waals surface area (Å²) >= 11 is 5.84. The fourth-order valence-electron chi connectivity index (χ4n) is 2.28. The number of hydrogen-bond donors (Lipinski definition) is 1. The highest BCUT2D eigenvalue weighted by Crippen LogP contribution is 2.26. The van der Waals surface area contributed by atoms with Gasteiger partial charge in [-0.2, -0.15) is 0 Å². The van der Waals surface area contributed by atoms with Crippen molar-refractivity contribution >= 4 is 17.3 Å². The number of anilines is 1. The molecule has 0 fully saturated rings. The topological polar surface area (TPSA) is 24.9 Å². The minimum atomic E-state index is 0.0791. The Morgan fingerprint density at radius 3 is 1.81 bits per heavy atom. The van der Waals surface area contributed by atoms with Crippen molar-refractivity contribution in [1.82, 2.24) is 4.98 Å². The molecule has 0 saturated heterocycles. The van der Waals surface area contributed by atoms with Crippen molar-refractivity contribution in [2.45, 2.75) is 6.04 Å². The van der Waals surface area contributed by atoms with Gasteiger partial charge in [0.2, 0.25) is 0 Å². The molecule has 1 heterocycles. The van der Waals surface area contributed by atoms with E-state index in [9.17, 15) is 0 Å². The first-order valence-electron chi connectivity index (χ1n) is 6.81. The van der Waals surface area contributed by atoms with Crippen LogP contribution in [0.25, 0.3) is 0 Å². The summed E-state index contributed by atoms with van der Waals surface area (Å²) in [5, 5.41) is 4.01. The molecule has 0 saturated carbocycles. The average Bonchev–Trinajstić information content (AvgIpc) is 2.56. The van der Waals surface area contributed by atoms with Gasteiger partial charge in [-0.25, -0.2) is 4.98 Å². The Labute approximate surface area is 129 Å². The van der Waals surface area contributed by atoms with E-state index >= 15 is 0 Å². The molecule has 3 rings (SSSR count). The normalized spacial score (nSPS) is 10.6. The minimum absolute atomic E-state index is 0.0791. The zero-order valence-electron chi connectivity index (χ0n) is 11.4. The lowest BCUT2D eigenvalue weighted by molar-refractivity contribution is 0.937. The number of rotatable bonds is 4. The van der Waals surface area contributed by atoms with Crippen molar-refractivity contribution in [1.29, 1.82) is 0 Å². The van der Waals surface area contributed by atoms with Gasteiger partial charge in [-0.15, -0.1) is 0 Å². The van der Waals surface area contributed by atoms with Gasteiger partial charge in [0.25, 0.3) is 0 Å². The van der Waals surface area contributed by atoms with Gasteiger partial charge >= 0.3 is 0 Å². The van der Waals surface area contributed by atoms with Crippen LogP contribution < -0.4 is 5.32 Å². The molecule has 0 atom stereocenters. The third kappa shape index (κ3) is 3.41. The highest BCUT2D eigenvalue weighted by Gasteiger charge is 2.13. The van der Waals surface area contributed by atoms with E-state index in [1.807, 2.05) is 42.5 Å². The summed E-state index contributed by atoms with van der Waals surface area (Å²) in [6, 6.07) is 24.5. The van der Waals surface area contributed by atoms with Crippen molar-refractivity contribution in [3.05, 3.63) is 95.3 Å². The van der Waals surface area contributed by atoms with Gasteiger partial charge in [0.05, 0.1) is 17.9 Å². The summed E-state index contributed by atoms with van der Waals surface area (Å²) in [4.78, 5) is 4.12. The second-order valence-corrected chi connectivity index (χ2v) is 5.16. The number of pyridine rings is 1. The van der Waals surface area contributed by atoms with Crippen molar-refractivity contribution in [2.75, 3.05) is 5.32 Å². The minimum Gasteiger partial charge on any atom is -0.373 e. The second kappa shape index (κ2) is 6.42. The number of aromatic nitrogens is 1. The molecule has 0 amide bonds. The number of hydrogen-bond acceptors (Lipinski definition) is 2. The van der Waals surface area contributed by atoms with E-state index in [0.29, 0.717) is 5.15 Å². The summed E-state index contributed by atoms with van der Waals surface area (Å²) in [5.41, 5.74) is 3.36. The molecule has 2 nitrogen and oxygen atoms in total. The van der Waals surface area contributed by atoms with Crippen LogP contribution in [0.3, 0.4) is 0 Å². The fraction of sp³-hybridized carbons (Fsp3) is 0.0556. The molecule has 2 aromatic carbocycles. The fourth-order valence-corrected chi connectivity index (χ4v) is 2.39. The molecule has 1 aromatic heterocycles. The van der Waals surface area contributed by atoms with Gasteiger partial charge in [0, 0.05) is 0 Å². The molecule has 0 aliphatic heterocycles. The summed E-state index contributed by atoms with van der Waals surface area (Å²) in [7, 11) is 0.